The molecule has 0 saturated carbocycles. The molecule has 1 N–H and O–H groups in total. The predicted octanol–water partition coefficient (Wildman–Crippen LogP) is 4.21. The fourth-order valence-electron chi connectivity index (χ4n) is 3.46. The molecule has 0 radical (unpaired) electrons. The van der Waals surface area contributed by atoms with Crippen molar-refractivity contribution < 1.29 is 9.90 Å². The molecule has 116 valence electrons. The summed E-state index contributed by atoms with van der Waals surface area (Å²) in [5.74, 6) is 0.0239. The SMILES string of the molecule is O=C1CCCCc2ccc(c3ccccc23)CCCCC1O. The lowest BCUT2D eigenvalue weighted by atomic mass is 9.92. The van der Waals surface area contributed by atoms with E-state index in [0.717, 1.165) is 38.5 Å². The minimum Gasteiger partial charge on any atom is -0.385 e. The van der Waals surface area contributed by atoms with Crippen molar-refractivity contribution in [3.05, 3.63) is 47.5 Å². The smallest absolute Gasteiger partial charge is 0.161 e. The summed E-state index contributed by atoms with van der Waals surface area (Å²) in [7, 11) is 0. The van der Waals surface area contributed by atoms with Gasteiger partial charge in [0.15, 0.2) is 5.78 Å². The first-order valence-electron chi connectivity index (χ1n) is 8.46. The highest BCUT2D eigenvalue weighted by molar-refractivity contribution is 5.88. The van der Waals surface area contributed by atoms with E-state index in [1.165, 1.54) is 21.9 Å². The molecule has 4 rings (SSSR count). The average Bonchev–Trinajstić information content (AvgIpc) is 2.55. The van der Waals surface area contributed by atoms with Crippen LogP contribution < -0.4 is 0 Å². The fraction of sp³-hybridized carbons (Fsp3) is 0.450. The highest BCUT2D eigenvalue weighted by atomic mass is 16.3. The van der Waals surface area contributed by atoms with E-state index in [1.54, 1.807) is 0 Å². The Morgan fingerprint density at radius 3 is 1.95 bits per heavy atom. The van der Waals surface area contributed by atoms with Crippen LogP contribution in [-0.2, 0) is 17.6 Å². The van der Waals surface area contributed by atoms with Crippen LogP contribution in [-0.4, -0.2) is 17.0 Å². The number of fused-ring (bicyclic) bond motifs is 10. The van der Waals surface area contributed by atoms with Crippen LogP contribution in [0.3, 0.4) is 0 Å². The summed E-state index contributed by atoms with van der Waals surface area (Å²) in [6, 6.07) is 13.2. The Morgan fingerprint density at radius 2 is 1.32 bits per heavy atom. The van der Waals surface area contributed by atoms with Crippen molar-refractivity contribution in [3.8, 4) is 0 Å². The van der Waals surface area contributed by atoms with Crippen LogP contribution in [0.2, 0.25) is 0 Å². The molecule has 2 aliphatic rings. The molecule has 2 aliphatic carbocycles. The van der Waals surface area contributed by atoms with E-state index >= 15 is 0 Å². The number of Topliss-reactive ketones (excluding diaryl/α,β-unsaturated/α-hetero) is 1. The monoisotopic (exact) mass is 296 g/mol. The lowest BCUT2D eigenvalue weighted by molar-refractivity contribution is -0.127. The summed E-state index contributed by atoms with van der Waals surface area (Å²) in [6.45, 7) is 0. The number of aryl methyl sites for hydroxylation is 2. The Labute approximate surface area is 132 Å². The number of hydrogen-bond donors (Lipinski definition) is 1. The number of rotatable bonds is 0. The van der Waals surface area contributed by atoms with Crippen molar-refractivity contribution in [2.45, 2.75) is 57.5 Å². The molecule has 0 amide bonds. The third-order valence-corrected chi connectivity index (χ3v) is 4.77. The summed E-state index contributed by atoms with van der Waals surface area (Å²) in [4.78, 5) is 11.9. The van der Waals surface area contributed by atoms with E-state index in [2.05, 4.69) is 36.4 Å². The quantitative estimate of drug-likeness (QED) is 0.790. The highest BCUT2D eigenvalue weighted by Gasteiger charge is 2.15. The lowest BCUT2D eigenvalue weighted by Gasteiger charge is -2.14. The summed E-state index contributed by atoms with van der Waals surface area (Å²) in [5, 5.41) is 12.6. The van der Waals surface area contributed by atoms with Crippen molar-refractivity contribution in [3.63, 3.8) is 0 Å². The summed E-state index contributed by atoms with van der Waals surface area (Å²) in [5.41, 5.74) is 2.77. The van der Waals surface area contributed by atoms with Crippen LogP contribution in [0.4, 0.5) is 0 Å². The third-order valence-electron chi connectivity index (χ3n) is 4.77. The van der Waals surface area contributed by atoms with Gasteiger partial charge in [-0.25, -0.2) is 0 Å². The number of benzene rings is 2. The number of carbonyl (C=O) groups excluding carboxylic acids is 1. The molecule has 0 saturated heterocycles. The van der Waals surface area contributed by atoms with E-state index in [4.69, 9.17) is 0 Å². The molecule has 22 heavy (non-hydrogen) atoms. The molecule has 2 bridgehead atoms. The predicted molar refractivity (Wildman–Crippen MR) is 90.1 cm³/mol. The first-order valence-corrected chi connectivity index (χ1v) is 8.46. The van der Waals surface area contributed by atoms with Gasteiger partial charge >= 0.3 is 0 Å². The Hall–Kier alpha value is -1.67. The van der Waals surface area contributed by atoms with Gasteiger partial charge in [-0.15, -0.1) is 0 Å². The van der Waals surface area contributed by atoms with Crippen molar-refractivity contribution in [1.29, 1.82) is 0 Å². The Balaban J connectivity index is 1.89. The van der Waals surface area contributed by atoms with Crippen LogP contribution in [0, 0.1) is 0 Å². The maximum Gasteiger partial charge on any atom is 0.161 e. The first kappa shape index (κ1) is 15.2. The van der Waals surface area contributed by atoms with Gasteiger partial charge < -0.3 is 5.11 Å². The highest BCUT2D eigenvalue weighted by Crippen LogP contribution is 2.26. The summed E-state index contributed by atoms with van der Waals surface area (Å²) >= 11 is 0. The number of ketones is 1. The second kappa shape index (κ2) is 7.06. The zero-order valence-corrected chi connectivity index (χ0v) is 13.1. The van der Waals surface area contributed by atoms with Gasteiger partial charge in [0.05, 0.1) is 0 Å². The van der Waals surface area contributed by atoms with Gasteiger partial charge in [-0.2, -0.15) is 0 Å². The third kappa shape index (κ3) is 3.38. The normalized spacial score (nSPS) is 21.0. The van der Waals surface area contributed by atoms with Crippen LogP contribution in [0.15, 0.2) is 36.4 Å². The van der Waals surface area contributed by atoms with E-state index in [-0.39, 0.29) is 5.78 Å². The first-order chi connectivity index (χ1) is 10.8. The van der Waals surface area contributed by atoms with Gasteiger partial charge in [0.2, 0.25) is 0 Å². The zero-order valence-electron chi connectivity index (χ0n) is 13.1. The van der Waals surface area contributed by atoms with Crippen LogP contribution in [0.25, 0.3) is 10.8 Å². The van der Waals surface area contributed by atoms with Gasteiger partial charge in [-0.05, 0) is 60.4 Å². The summed E-state index contributed by atoms with van der Waals surface area (Å²) in [6.07, 6.45) is 6.18. The Kier molecular flexibility index (Phi) is 4.89. The summed E-state index contributed by atoms with van der Waals surface area (Å²) < 4.78 is 0. The van der Waals surface area contributed by atoms with Crippen molar-refractivity contribution in [1.82, 2.24) is 0 Å². The average molecular weight is 296 g/mol. The minimum absolute atomic E-state index is 0.0239. The Bertz CT molecular complexity index is 660. The van der Waals surface area contributed by atoms with Crippen LogP contribution in [0.1, 0.15) is 49.7 Å². The number of aliphatic hydroxyl groups excluding tert-OH is 1. The Morgan fingerprint density at radius 1 is 0.773 bits per heavy atom. The van der Waals surface area contributed by atoms with Crippen molar-refractivity contribution in [2.24, 2.45) is 0 Å². The van der Waals surface area contributed by atoms with E-state index < -0.39 is 6.10 Å². The molecule has 2 aromatic rings. The molecule has 2 nitrogen and oxygen atoms in total. The molecule has 1 unspecified atom stereocenters. The minimum atomic E-state index is -0.749. The molecular formula is C20H24O2. The molecular weight excluding hydrogens is 272 g/mol. The van der Waals surface area contributed by atoms with Crippen LogP contribution in [0.5, 0.6) is 0 Å². The van der Waals surface area contributed by atoms with Gasteiger partial charge in [-0.3, -0.25) is 4.79 Å². The standard InChI is InChI=1S/C20H24O2/c21-19-11-5-1-7-15-13-14-16(8-2-6-12-20(19)22)18-10-4-3-9-17(15)18/h3-4,9-10,13-14,19,21H,1-2,5-8,11-12H2. The molecule has 0 heterocycles. The van der Waals surface area contributed by atoms with Gasteiger partial charge in [0, 0.05) is 6.42 Å². The molecule has 2 heteroatoms. The number of carbonyl (C=O) groups is 1. The van der Waals surface area contributed by atoms with E-state index in [0.29, 0.717) is 12.8 Å². The van der Waals surface area contributed by atoms with Crippen LogP contribution >= 0.6 is 0 Å². The maximum absolute atomic E-state index is 11.9. The fourth-order valence-corrected chi connectivity index (χ4v) is 3.46. The molecule has 0 aromatic heterocycles. The number of aliphatic hydroxyl groups is 1. The lowest BCUT2D eigenvalue weighted by Crippen LogP contribution is -2.20. The molecule has 0 fully saturated rings. The number of hydrogen-bond acceptors (Lipinski definition) is 2. The topological polar surface area (TPSA) is 37.3 Å². The van der Waals surface area contributed by atoms with E-state index in [9.17, 15) is 9.90 Å². The second-order valence-corrected chi connectivity index (χ2v) is 6.36. The molecule has 0 aliphatic heterocycles. The van der Waals surface area contributed by atoms with Gasteiger partial charge in [0.1, 0.15) is 6.10 Å². The molecule has 0 spiro atoms. The van der Waals surface area contributed by atoms with E-state index in [1.807, 2.05) is 0 Å². The second-order valence-electron chi connectivity index (χ2n) is 6.36. The zero-order chi connectivity index (χ0) is 15.4. The van der Waals surface area contributed by atoms with Gasteiger partial charge in [-0.1, -0.05) is 42.8 Å². The van der Waals surface area contributed by atoms with Crippen molar-refractivity contribution in [2.75, 3.05) is 0 Å². The van der Waals surface area contributed by atoms with Gasteiger partial charge in [0.25, 0.3) is 0 Å². The maximum atomic E-state index is 11.9. The van der Waals surface area contributed by atoms with Crippen molar-refractivity contribution >= 4 is 16.6 Å². The largest absolute Gasteiger partial charge is 0.385 e. The molecule has 2 aromatic carbocycles. The molecule has 1 atom stereocenters.